The molecule has 7 rings (SSSR count). The predicted octanol–water partition coefficient (Wildman–Crippen LogP) is 2.81. The van der Waals surface area contributed by atoms with Gasteiger partial charge in [0, 0.05) is 71.8 Å². The van der Waals surface area contributed by atoms with E-state index in [1.165, 1.54) is 37.4 Å². The number of aliphatic hydroxyl groups is 2. The number of hydrogen-bond donors (Lipinski definition) is 8. The molecule has 0 aliphatic carbocycles. The number of aliphatic imine (C=N–C) groups is 1. The molecule has 0 bridgehead atoms. The van der Waals surface area contributed by atoms with Crippen LogP contribution in [0.1, 0.15) is 64.5 Å². The fourth-order valence-corrected chi connectivity index (χ4v) is 7.99. The molecule has 9 N–H and O–H groups in total. The summed E-state index contributed by atoms with van der Waals surface area (Å²) in [6, 6.07) is 14.0. The zero-order chi connectivity index (χ0) is 41.4. The first-order chi connectivity index (χ1) is 27.7. The number of aromatic amines is 1. The second-order valence-corrected chi connectivity index (χ2v) is 15.7. The van der Waals surface area contributed by atoms with Gasteiger partial charge < -0.3 is 50.6 Å². The van der Waals surface area contributed by atoms with Crippen LogP contribution in [0.4, 0.5) is 5.69 Å². The van der Waals surface area contributed by atoms with Crippen molar-refractivity contribution in [3.05, 3.63) is 109 Å². The molecular formula is C38H42N5O14P. The Bertz CT molecular complexity index is 2370. The van der Waals surface area contributed by atoms with Gasteiger partial charge >= 0.3 is 19.5 Å². The van der Waals surface area contributed by atoms with Gasteiger partial charge in [0.25, 0.3) is 5.56 Å². The van der Waals surface area contributed by atoms with E-state index in [0.29, 0.717) is 48.2 Å². The number of H-pyrrole nitrogens is 1. The highest BCUT2D eigenvalue weighted by molar-refractivity contribution is 7.47. The quantitative estimate of drug-likeness (QED) is 0.0298. The predicted molar refractivity (Wildman–Crippen MR) is 205 cm³/mol. The van der Waals surface area contributed by atoms with Gasteiger partial charge in [-0.25, -0.2) is 14.2 Å². The van der Waals surface area contributed by atoms with Crippen LogP contribution in [0, 0.1) is 12.8 Å². The van der Waals surface area contributed by atoms with Gasteiger partial charge in [-0.1, -0.05) is 12.5 Å². The Morgan fingerprint density at radius 2 is 1.74 bits per heavy atom. The molecule has 20 heteroatoms. The van der Waals surface area contributed by atoms with Gasteiger partial charge in [-0.2, -0.15) is 0 Å². The fraction of sp³-hybridized carbons (Fsp3) is 0.368. The summed E-state index contributed by atoms with van der Waals surface area (Å²) in [5, 5.41) is 43.5. The van der Waals surface area contributed by atoms with E-state index in [-0.39, 0.29) is 59.7 Å². The number of phenols is 2. The largest absolute Gasteiger partial charge is 0.508 e. The number of aromatic nitrogens is 2. The number of phenolic OH excluding ortho intramolecular Hbond substituents is 2. The van der Waals surface area contributed by atoms with Gasteiger partial charge in [0.05, 0.1) is 24.9 Å². The number of nitrogens with two attached hydrogens (primary N) is 1. The van der Waals surface area contributed by atoms with Crippen molar-refractivity contribution in [2.75, 3.05) is 31.7 Å². The number of esters is 1. The van der Waals surface area contributed by atoms with Crippen LogP contribution in [0.2, 0.25) is 0 Å². The van der Waals surface area contributed by atoms with E-state index < -0.39 is 61.6 Å². The second-order valence-electron chi connectivity index (χ2n) is 14.2. The van der Waals surface area contributed by atoms with Crippen LogP contribution < -0.4 is 27.0 Å². The lowest BCUT2D eigenvalue weighted by Crippen LogP contribution is -2.33. The second kappa shape index (κ2) is 16.4. The number of rotatable bonds is 14. The number of carbonyl (C=O) groups excluding carboxylic acids is 1. The minimum atomic E-state index is -4.61. The average molecular weight is 824 g/mol. The van der Waals surface area contributed by atoms with Crippen LogP contribution in [0.3, 0.4) is 0 Å². The third-order valence-electron chi connectivity index (χ3n) is 10.1. The number of aryl methyl sites for hydroxylation is 1. The molecule has 0 radical (unpaired) electrons. The van der Waals surface area contributed by atoms with Crippen LogP contribution in [0.25, 0.3) is 0 Å². The molecule has 4 heterocycles. The standard InChI is InChI=1S/C38H42N5O14P/c1-20-16-43(37(50)42-34(20)48)33-15-29(47)32(56-33)19-54-58(51,52)53-18-21(17-44)4-2-3-11-40-36(39)41-22-5-8-26-25(12-22)35(49)57-38(26)27-9-6-23(45)13-30(27)55-31-14-24(46)7-10-28(31)38/h5-10,12-14,16,21,29,32-33,44-47H,2-4,11,15,17-19H2,1H3,(H,51,52)(H3,39,40,41)(H,42,48,50)/t21?,29-,32+,33+/m0/s1. The monoisotopic (exact) mass is 823 g/mol. The molecule has 3 aliphatic heterocycles. The first-order valence-corrected chi connectivity index (χ1v) is 19.8. The van der Waals surface area contributed by atoms with Crippen molar-refractivity contribution < 1.29 is 57.9 Å². The SMILES string of the molecule is Cc1cn([C@H]2C[C@H](O)[C@@H](COP(=O)(O)OCC(CO)CCCCN=C(N)Nc3ccc4c(c3)C(=O)OC43c4ccc(O)cc4Oc4cc(O)ccc43)O2)c(=O)[nH]c1=O. The van der Waals surface area contributed by atoms with Crippen molar-refractivity contribution in [2.24, 2.45) is 16.6 Å². The van der Waals surface area contributed by atoms with Gasteiger partial charge in [-0.3, -0.25) is 28.4 Å². The van der Waals surface area contributed by atoms with E-state index in [2.05, 4.69) is 15.3 Å². The number of guanidine groups is 1. The number of aromatic hydroxyl groups is 2. The molecule has 1 fully saturated rings. The summed E-state index contributed by atoms with van der Waals surface area (Å²) in [7, 11) is -4.61. The number of anilines is 1. The number of benzene rings is 3. The third kappa shape index (κ3) is 8.23. The van der Waals surface area contributed by atoms with Crippen LogP contribution in [0.5, 0.6) is 23.0 Å². The van der Waals surface area contributed by atoms with E-state index in [9.17, 15) is 44.3 Å². The summed E-state index contributed by atoms with van der Waals surface area (Å²) in [5.74, 6) is -0.598. The minimum Gasteiger partial charge on any atom is -0.508 e. The summed E-state index contributed by atoms with van der Waals surface area (Å²) in [6.45, 7) is 0.665. The molecule has 0 saturated carbocycles. The van der Waals surface area contributed by atoms with Crippen molar-refractivity contribution in [3.63, 3.8) is 0 Å². The number of nitrogens with zero attached hydrogens (tertiary/aromatic N) is 2. The molecule has 5 atom stereocenters. The molecule has 1 aromatic heterocycles. The van der Waals surface area contributed by atoms with Gasteiger partial charge in [0.1, 0.15) is 35.3 Å². The van der Waals surface area contributed by atoms with E-state index in [1.807, 2.05) is 0 Å². The molecular weight excluding hydrogens is 781 g/mol. The summed E-state index contributed by atoms with van der Waals surface area (Å²) in [5.41, 5.74) is 6.00. The summed E-state index contributed by atoms with van der Waals surface area (Å²) >= 11 is 0. The van der Waals surface area contributed by atoms with Crippen LogP contribution >= 0.6 is 7.82 Å². The smallest absolute Gasteiger partial charge is 0.472 e. The molecule has 1 saturated heterocycles. The topological polar surface area (TPSA) is 287 Å². The molecule has 4 aromatic rings. The highest BCUT2D eigenvalue weighted by Crippen LogP contribution is 2.57. The lowest BCUT2D eigenvalue weighted by molar-refractivity contribution is -0.0471. The van der Waals surface area contributed by atoms with Crippen molar-refractivity contribution in [1.29, 1.82) is 0 Å². The van der Waals surface area contributed by atoms with Gasteiger partial charge in [0.2, 0.25) is 0 Å². The minimum absolute atomic E-state index is 0.0246. The summed E-state index contributed by atoms with van der Waals surface area (Å²) in [4.78, 5) is 54.0. The Morgan fingerprint density at radius 1 is 1.05 bits per heavy atom. The van der Waals surface area contributed by atoms with Gasteiger partial charge in [-0.05, 0) is 56.2 Å². The Balaban J connectivity index is 0.887. The van der Waals surface area contributed by atoms with Crippen molar-refractivity contribution in [3.8, 4) is 23.0 Å². The Labute approximate surface area is 329 Å². The summed E-state index contributed by atoms with van der Waals surface area (Å²) in [6.07, 6.45) is -0.316. The lowest BCUT2D eigenvalue weighted by atomic mass is 9.77. The highest BCUT2D eigenvalue weighted by Gasteiger charge is 2.53. The molecule has 1 spiro atoms. The molecule has 0 amide bonds. The number of nitrogens with one attached hydrogen (secondary N) is 2. The molecule has 19 nitrogen and oxygen atoms in total. The number of phosphoric acid groups is 1. The van der Waals surface area contributed by atoms with Gasteiger partial charge in [-0.15, -0.1) is 0 Å². The van der Waals surface area contributed by atoms with Crippen molar-refractivity contribution in [2.45, 2.75) is 56.6 Å². The molecule has 2 unspecified atom stereocenters. The number of fused-ring (bicyclic) bond motifs is 6. The van der Waals surface area contributed by atoms with E-state index in [4.69, 9.17) is 29.0 Å². The van der Waals surface area contributed by atoms with Crippen LogP contribution in [0.15, 0.2) is 75.4 Å². The maximum Gasteiger partial charge on any atom is 0.472 e. The Kier molecular flexibility index (Phi) is 11.5. The fourth-order valence-electron chi connectivity index (χ4n) is 7.18. The zero-order valence-electron chi connectivity index (χ0n) is 31.1. The number of phosphoric ester groups is 1. The number of carbonyl (C=O) groups is 1. The normalized spacial score (nSPS) is 20.7. The van der Waals surface area contributed by atoms with Crippen LogP contribution in [-0.2, 0) is 28.7 Å². The zero-order valence-corrected chi connectivity index (χ0v) is 32.0. The van der Waals surface area contributed by atoms with Crippen molar-refractivity contribution >= 4 is 25.4 Å². The molecule has 3 aliphatic rings. The first kappa shape index (κ1) is 40.7. The van der Waals surface area contributed by atoms with E-state index in [1.54, 1.807) is 30.3 Å². The number of aliphatic hydroxyl groups excluding tert-OH is 2. The van der Waals surface area contributed by atoms with E-state index in [0.717, 1.165) is 4.57 Å². The number of unbranched alkanes of at least 4 members (excludes halogenated alkanes) is 1. The Morgan fingerprint density at radius 3 is 2.43 bits per heavy atom. The number of ether oxygens (including phenoxy) is 3. The maximum absolute atomic E-state index is 13.4. The van der Waals surface area contributed by atoms with Gasteiger partial charge in [0.15, 0.2) is 11.6 Å². The first-order valence-electron chi connectivity index (χ1n) is 18.4. The summed E-state index contributed by atoms with van der Waals surface area (Å²) < 4.78 is 41.6. The molecule has 308 valence electrons. The van der Waals surface area contributed by atoms with Crippen molar-refractivity contribution in [1.82, 2.24) is 9.55 Å². The molecule has 58 heavy (non-hydrogen) atoms. The highest BCUT2D eigenvalue weighted by atomic mass is 31.2. The maximum atomic E-state index is 13.4. The average Bonchev–Trinajstić information content (AvgIpc) is 3.69. The Hall–Kier alpha value is -5.53. The molecule has 3 aromatic carbocycles. The lowest BCUT2D eigenvalue weighted by Gasteiger charge is -2.36. The number of hydrogen-bond acceptors (Lipinski definition) is 14. The van der Waals surface area contributed by atoms with E-state index >= 15 is 0 Å². The third-order valence-corrected chi connectivity index (χ3v) is 11.1. The van der Waals surface area contributed by atoms with Crippen LogP contribution in [-0.4, -0.2) is 85.4 Å².